The summed E-state index contributed by atoms with van der Waals surface area (Å²) in [5.41, 5.74) is 6.42. The third-order valence-corrected chi connectivity index (χ3v) is 5.33. The van der Waals surface area contributed by atoms with Crippen LogP contribution in [0.2, 0.25) is 0 Å². The molecule has 3 rings (SSSR count). The van der Waals surface area contributed by atoms with Crippen LogP contribution in [-0.4, -0.2) is 65.8 Å². The first-order valence-electron chi connectivity index (χ1n) is 7.90. The third-order valence-electron chi connectivity index (χ3n) is 5.33. The highest BCUT2D eigenvalue weighted by Gasteiger charge is 2.51. The smallest absolute Gasteiger partial charge is 0.0675 e. The highest BCUT2D eigenvalue weighted by atomic mass is 16.5. The highest BCUT2D eigenvalue weighted by molar-refractivity contribution is 5.08. The molecule has 4 unspecified atom stereocenters. The fraction of sp³-hybridized carbons (Fsp3) is 1.00. The number of likely N-dealkylation sites (tertiary alicyclic amines) is 1. The summed E-state index contributed by atoms with van der Waals surface area (Å²) in [7, 11) is 0. The van der Waals surface area contributed by atoms with Crippen LogP contribution in [-0.2, 0) is 4.74 Å². The molecule has 0 aromatic heterocycles. The zero-order valence-electron chi connectivity index (χ0n) is 12.6. The quantitative estimate of drug-likeness (QED) is 0.830. The molecule has 2 heterocycles. The van der Waals surface area contributed by atoms with Crippen LogP contribution in [0.5, 0.6) is 0 Å². The van der Waals surface area contributed by atoms with Crippen molar-refractivity contribution in [2.24, 2.45) is 5.73 Å². The SMILES string of the molecule is CC1CN(C2(CN)CC(C)N(C3CC3)C2)C(C)CO1. The average molecular weight is 267 g/mol. The highest BCUT2D eigenvalue weighted by Crippen LogP contribution is 2.40. The second-order valence-electron chi connectivity index (χ2n) is 7.03. The maximum Gasteiger partial charge on any atom is 0.0675 e. The fourth-order valence-electron chi connectivity index (χ4n) is 4.16. The lowest BCUT2D eigenvalue weighted by Gasteiger charge is -2.48. The number of hydrogen-bond donors (Lipinski definition) is 1. The largest absolute Gasteiger partial charge is 0.376 e. The van der Waals surface area contributed by atoms with E-state index in [9.17, 15) is 0 Å². The molecule has 2 aliphatic heterocycles. The zero-order valence-corrected chi connectivity index (χ0v) is 12.6. The first-order chi connectivity index (χ1) is 9.05. The van der Waals surface area contributed by atoms with E-state index in [2.05, 4.69) is 30.6 Å². The second kappa shape index (κ2) is 4.99. The van der Waals surface area contributed by atoms with Gasteiger partial charge in [-0.05, 0) is 40.0 Å². The molecule has 4 nitrogen and oxygen atoms in total. The Balaban J connectivity index is 1.78. The molecule has 19 heavy (non-hydrogen) atoms. The van der Waals surface area contributed by atoms with E-state index in [1.807, 2.05) is 0 Å². The van der Waals surface area contributed by atoms with Gasteiger partial charge in [0.25, 0.3) is 0 Å². The van der Waals surface area contributed by atoms with Gasteiger partial charge in [-0.2, -0.15) is 0 Å². The van der Waals surface area contributed by atoms with E-state index in [-0.39, 0.29) is 5.54 Å². The van der Waals surface area contributed by atoms with Crippen molar-refractivity contribution >= 4 is 0 Å². The molecule has 3 fully saturated rings. The van der Waals surface area contributed by atoms with Crippen molar-refractivity contribution in [1.82, 2.24) is 9.80 Å². The molecular weight excluding hydrogens is 238 g/mol. The van der Waals surface area contributed by atoms with E-state index >= 15 is 0 Å². The molecule has 2 N–H and O–H groups in total. The van der Waals surface area contributed by atoms with Crippen LogP contribution in [0.4, 0.5) is 0 Å². The summed E-state index contributed by atoms with van der Waals surface area (Å²) in [4.78, 5) is 5.36. The van der Waals surface area contributed by atoms with Crippen LogP contribution in [0.15, 0.2) is 0 Å². The number of ether oxygens (including phenoxy) is 1. The van der Waals surface area contributed by atoms with Gasteiger partial charge in [-0.3, -0.25) is 9.80 Å². The fourth-order valence-corrected chi connectivity index (χ4v) is 4.16. The van der Waals surface area contributed by atoms with Gasteiger partial charge < -0.3 is 10.5 Å². The topological polar surface area (TPSA) is 41.7 Å². The van der Waals surface area contributed by atoms with Crippen LogP contribution < -0.4 is 5.73 Å². The number of morpholine rings is 1. The molecule has 3 aliphatic rings. The van der Waals surface area contributed by atoms with E-state index in [0.717, 1.165) is 32.3 Å². The Hall–Kier alpha value is -0.160. The van der Waals surface area contributed by atoms with Gasteiger partial charge in [0.05, 0.1) is 12.7 Å². The van der Waals surface area contributed by atoms with E-state index in [4.69, 9.17) is 10.5 Å². The summed E-state index contributed by atoms with van der Waals surface area (Å²) < 4.78 is 5.79. The monoisotopic (exact) mass is 267 g/mol. The summed E-state index contributed by atoms with van der Waals surface area (Å²) in [6, 6.07) is 2.02. The van der Waals surface area contributed by atoms with E-state index < -0.39 is 0 Å². The summed E-state index contributed by atoms with van der Waals surface area (Å²) in [5.74, 6) is 0. The minimum absolute atomic E-state index is 0.180. The normalized spacial score (nSPS) is 45.8. The van der Waals surface area contributed by atoms with Gasteiger partial charge in [0.2, 0.25) is 0 Å². The molecule has 1 saturated carbocycles. The summed E-state index contributed by atoms with van der Waals surface area (Å²) in [5, 5.41) is 0. The Morgan fingerprint density at radius 3 is 2.58 bits per heavy atom. The lowest BCUT2D eigenvalue weighted by Crippen LogP contribution is -2.63. The number of nitrogens with two attached hydrogens (primary N) is 1. The molecule has 0 spiro atoms. The number of nitrogens with zero attached hydrogens (tertiary/aromatic N) is 2. The van der Waals surface area contributed by atoms with Crippen molar-refractivity contribution in [3.63, 3.8) is 0 Å². The van der Waals surface area contributed by atoms with E-state index in [1.54, 1.807) is 0 Å². The lowest BCUT2D eigenvalue weighted by molar-refractivity contribution is -0.0900. The van der Waals surface area contributed by atoms with Crippen molar-refractivity contribution in [3.8, 4) is 0 Å². The summed E-state index contributed by atoms with van der Waals surface area (Å²) >= 11 is 0. The van der Waals surface area contributed by atoms with Gasteiger partial charge in [0, 0.05) is 43.3 Å². The van der Waals surface area contributed by atoms with Gasteiger partial charge in [0.1, 0.15) is 0 Å². The van der Waals surface area contributed by atoms with Gasteiger partial charge in [-0.1, -0.05) is 0 Å². The zero-order chi connectivity index (χ0) is 13.6. The van der Waals surface area contributed by atoms with Crippen LogP contribution in [0.3, 0.4) is 0 Å². The molecular formula is C15H29N3O. The van der Waals surface area contributed by atoms with Crippen molar-refractivity contribution in [2.45, 2.75) is 69.8 Å². The van der Waals surface area contributed by atoms with Gasteiger partial charge >= 0.3 is 0 Å². The molecule has 0 amide bonds. The Kier molecular flexibility index (Phi) is 3.63. The Morgan fingerprint density at radius 1 is 1.21 bits per heavy atom. The molecule has 4 heteroatoms. The third kappa shape index (κ3) is 2.44. The summed E-state index contributed by atoms with van der Waals surface area (Å²) in [6.07, 6.45) is 4.34. The standard InChI is InChI=1S/C15H29N3O/c1-11-6-15(9-16,10-17(11)14-4-5-14)18-7-13(3)19-8-12(18)2/h11-14H,4-10,16H2,1-3H3. The predicted octanol–water partition coefficient (Wildman–Crippen LogP) is 1.05. The maximum absolute atomic E-state index is 6.24. The van der Waals surface area contributed by atoms with Crippen molar-refractivity contribution in [2.75, 3.05) is 26.2 Å². The lowest BCUT2D eigenvalue weighted by atomic mass is 9.91. The molecule has 1 aliphatic carbocycles. The van der Waals surface area contributed by atoms with E-state index in [1.165, 1.54) is 19.3 Å². The first kappa shape index (κ1) is 13.8. The second-order valence-corrected chi connectivity index (χ2v) is 7.03. The number of hydrogen-bond acceptors (Lipinski definition) is 4. The van der Waals surface area contributed by atoms with Crippen LogP contribution in [0, 0.1) is 0 Å². The predicted molar refractivity (Wildman–Crippen MR) is 77.2 cm³/mol. The van der Waals surface area contributed by atoms with Crippen LogP contribution in [0.1, 0.15) is 40.0 Å². The minimum atomic E-state index is 0.180. The molecule has 0 aromatic rings. The van der Waals surface area contributed by atoms with Crippen LogP contribution in [0.25, 0.3) is 0 Å². The molecule has 110 valence electrons. The van der Waals surface area contributed by atoms with Gasteiger partial charge in [0.15, 0.2) is 0 Å². The first-order valence-corrected chi connectivity index (χ1v) is 7.90. The Morgan fingerprint density at radius 2 is 1.95 bits per heavy atom. The average Bonchev–Trinajstić information content (AvgIpc) is 3.17. The molecule has 0 aromatic carbocycles. The molecule has 0 radical (unpaired) electrons. The maximum atomic E-state index is 6.24. The Labute approximate surface area is 117 Å². The molecule has 2 saturated heterocycles. The minimum Gasteiger partial charge on any atom is -0.376 e. The summed E-state index contributed by atoms with van der Waals surface area (Å²) in [6.45, 7) is 10.7. The van der Waals surface area contributed by atoms with Crippen molar-refractivity contribution < 1.29 is 4.74 Å². The van der Waals surface area contributed by atoms with Crippen molar-refractivity contribution in [3.05, 3.63) is 0 Å². The van der Waals surface area contributed by atoms with Crippen LogP contribution >= 0.6 is 0 Å². The number of rotatable bonds is 3. The van der Waals surface area contributed by atoms with Gasteiger partial charge in [-0.25, -0.2) is 0 Å². The van der Waals surface area contributed by atoms with Gasteiger partial charge in [-0.15, -0.1) is 0 Å². The van der Waals surface area contributed by atoms with E-state index in [0.29, 0.717) is 18.2 Å². The van der Waals surface area contributed by atoms with Crippen molar-refractivity contribution in [1.29, 1.82) is 0 Å². The molecule has 4 atom stereocenters. The molecule has 0 bridgehead atoms. The Bertz CT molecular complexity index is 333.